The highest BCUT2D eigenvalue weighted by atomic mass is 16.8. The second kappa shape index (κ2) is 4.71. The average molecular weight is 281 g/mol. The summed E-state index contributed by atoms with van der Waals surface area (Å²) in [5.74, 6) is -0.533. The lowest BCUT2D eigenvalue weighted by atomic mass is 10.1. The molecule has 2 saturated heterocycles. The lowest BCUT2D eigenvalue weighted by molar-refractivity contribution is -0.187. The van der Waals surface area contributed by atoms with E-state index in [2.05, 4.69) is 10.3 Å². The Kier molecular flexibility index (Phi) is 3.14. The van der Waals surface area contributed by atoms with E-state index in [1.54, 1.807) is 13.8 Å². The minimum Gasteiger partial charge on any atom is -0.427 e. The average Bonchev–Trinajstić information content (AvgIpc) is 3.04. The van der Waals surface area contributed by atoms with Crippen molar-refractivity contribution in [3.05, 3.63) is 12.1 Å². The predicted molar refractivity (Wildman–Crippen MR) is 64.4 cm³/mol. The zero-order chi connectivity index (χ0) is 14.3. The van der Waals surface area contributed by atoms with Gasteiger partial charge in [0.1, 0.15) is 24.4 Å². The van der Waals surface area contributed by atoms with Gasteiger partial charge in [0.15, 0.2) is 18.4 Å². The van der Waals surface area contributed by atoms with Crippen molar-refractivity contribution in [1.82, 2.24) is 4.98 Å². The molecule has 0 amide bonds. The molecule has 4 atom stereocenters. The van der Waals surface area contributed by atoms with E-state index in [0.29, 0.717) is 0 Å². The van der Waals surface area contributed by atoms with E-state index in [9.17, 15) is 5.11 Å². The number of ether oxygens (including phenoxy) is 3. The van der Waals surface area contributed by atoms with Gasteiger partial charge in [-0.25, -0.2) is 4.98 Å². The van der Waals surface area contributed by atoms with Crippen LogP contribution in [0, 0.1) is 11.3 Å². The van der Waals surface area contributed by atoms with Crippen molar-refractivity contribution in [3.8, 4) is 6.07 Å². The van der Waals surface area contributed by atoms with Gasteiger partial charge in [-0.1, -0.05) is 0 Å². The molecule has 2 aliphatic rings. The number of aromatic nitrogens is 1. The molecule has 1 unspecified atom stereocenters. The van der Waals surface area contributed by atoms with Gasteiger partial charge in [-0.3, -0.25) is 0 Å². The number of rotatable bonds is 3. The fourth-order valence-corrected chi connectivity index (χ4v) is 2.50. The summed E-state index contributed by atoms with van der Waals surface area (Å²) in [6.07, 6.45) is -0.682. The first-order valence-corrected chi connectivity index (χ1v) is 6.26. The van der Waals surface area contributed by atoms with Crippen molar-refractivity contribution in [2.75, 3.05) is 11.9 Å². The number of nitriles is 1. The number of fused-ring (bicyclic) bond motifs is 1. The van der Waals surface area contributed by atoms with Crippen LogP contribution in [0.25, 0.3) is 0 Å². The molecular formula is C12H15N3O5. The summed E-state index contributed by atoms with van der Waals surface area (Å²) in [7, 11) is 0. The van der Waals surface area contributed by atoms with E-state index in [4.69, 9.17) is 23.9 Å². The molecule has 1 aromatic heterocycles. The summed E-state index contributed by atoms with van der Waals surface area (Å²) < 4.78 is 22.2. The summed E-state index contributed by atoms with van der Waals surface area (Å²) >= 11 is 0. The Balaban J connectivity index is 1.79. The van der Waals surface area contributed by atoms with E-state index in [-0.39, 0.29) is 24.3 Å². The number of aliphatic hydroxyl groups excluding tert-OH is 1. The SMILES string of the molecule is CC1(C)O[C@@H]2[C@@H](CO)OC(Nc3ocnc3C#N)[C@@H]2O1. The number of oxazole rings is 1. The van der Waals surface area contributed by atoms with Crippen molar-refractivity contribution >= 4 is 5.88 Å². The Morgan fingerprint density at radius 1 is 1.45 bits per heavy atom. The van der Waals surface area contributed by atoms with Crippen LogP contribution in [0.2, 0.25) is 0 Å². The standard InChI is InChI=1S/C12H15N3O5/c1-12(2)19-8-7(4-16)18-11(9(8)20-12)15-10-6(3-13)14-5-17-10/h5,7-9,11,15-16H,4H2,1-2H3/t7-,8-,9-,11?/m1/s1. The third kappa shape index (κ3) is 2.14. The summed E-state index contributed by atoms with van der Waals surface area (Å²) in [4.78, 5) is 3.76. The number of nitrogens with one attached hydrogen (secondary N) is 1. The molecule has 0 spiro atoms. The van der Waals surface area contributed by atoms with Crippen LogP contribution in [0.15, 0.2) is 10.8 Å². The van der Waals surface area contributed by atoms with Crippen LogP contribution < -0.4 is 5.32 Å². The quantitative estimate of drug-likeness (QED) is 0.808. The number of hydrogen-bond acceptors (Lipinski definition) is 8. The first-order chi connectivity index (χ1) is 9.54. The normalized spacial score (nSPS) is 34.7. The molecule has 108 valence electrons. The minimum atomic E-state index is -0.744. The van der Waals surface area contributed by atoms with Crippen LogP contribution in [0.3, 0.4) is 0 Å². The Morgan fingerprint density at radius 2 is 2.20 bits per heavy atom. The first kappa shape index (κ1) is 13.3. The molecule has 8 heteroatoms. The Morgan fingerprint density at radius 3 is 2.90 bits per heavy atom. The summed E-state index contributed by atoms with van der Waals surface area (Å²) in [6.45, 7) is 3.41. The van der Waals surface area contributed by atoms with Crippen molar-refractivity contribution in [3.63, 3.8) is 0 Å². The summed E-state index contributed by atoms with van der Waals surface area (Å²) in [5, 5.41) is 21.2. The second-order valence-electron chi connectivity index (χ2n) is 5.13. The van der Waals surface area contributed by atoms with E-state index in [1.807, 2.05) is 6.07 Å². The maximum absolute atomic E-state index is 9.35. The molecule has 2 fully saturated rings. The van der Waals surface area contributed by atoms with Gasteiger partial charge in [0.05, 0.1) is 6.61 Å². The van der Waals surface area contributed by atoms with E-state index in [1.165, 1.54) is 6.39 Å². The number of aliphatic hydroxyl groups is 1. The molecule has 0 bridgehead atoms. The minimum absolute atomic E-state index is 0.135. The van der Waals surface area contributed by atoms with Crippen molar-refractivity contribution in [2.24, 2.45) is 0 Å². The van der Waals surface area contributed by atoms with Gasteiger partial charge in [-0.05, 0) is 13.8 Å². The molecule has 3 heterocycles. The second-order valence-corrected chi connectivity index (χ2v) is 5.13. The van der Waals surface area contributed by atoms with E-state index >= 15 is 0 Å². The highest BCUT2D eigenvalue weighted by molar-refractivity contribution is 5.45. The van der Waals surface area contributed by atoms with Crippen LogP contribution in [-0.2, 0) is 14.2 Å². The van der Waals surface area contributed by atoms with Crippen molar-refractivity contribution in [2.45, 2.75) is 44.2 Å². The van der Waals surface area contributed by atoms with Gasteiger partial charge < -0.3 is 29.1 Å². The Bertz CT molecular complexity index is 537. The number of hydrogen-bond donors (Lipinski definition) is 2. The molecule has 0 aliphatic carbocycles. The van der Waals surface area contributed by atoms with Gasteiger partial charge >= 0.3 is 0 Å². The largest absolute Gasteiger partial charge is 0.427 e. The van der Waals surface area contributed by atoms with Gasteiger partial charge in [-0.2, -0.15) is 5.26 Å². The monoisotopic (exact) mass is 281 g/mol. The zero-order valence-corrected chi connectivity index (χ0v) is 11.1. The van der Waals surface area contributed by atoms with Crippen molar-refractivity contribution in [1.29, 1.82) is 5.26 Å². The molecular weight excluding hydrogens is 266 g/mol. The molecule has 0 saturated carbocycles. The van der Waals surface area contributed by atoms with Crippen molar-refractivity contribution < 1.29 is 23.7 Å². The molecule has 0 aromatic carbocycles. The van der Waals surface area contributed by atoms with Gasteiger partial charge in [0.2, 0.25) is 11.6 Å². The third-order valence-corrected chi connectivity index (χ3v) is 3.28. The molecule has 20 heavy (non-hydrogen) atoms. The zero-order valence-electron chi connectivity index (χ0n) is 11.1. The lowest BCUT2D eigenvalue weighted by Gasteiger charge is -2.23. The molecule has 2 aliphatic heterocycles. The van der Waals surface area contributed by atoms with Crippen LogP contribution >= 0.6 is 0 Å². The smallest absolute Gasteiger partial charge is 0.233 e. The Hall–Kier alpha value is -1.66. The highest BCUT2D eigenvalue weighted by Crippen LogP contribution is 2.38. The fraction of sp³-hybridized carbons (Fsp3) is 0.667. The fourth-order valence-electron chi connectivity index (χ4n) is 2.50. The maximum atomic E-state index is 9.35. The van der Waals surface area contributed by atoms with Gasteiger partial charge in [-0.15, -0.1) is 0 Å². The summed E-state index contributed by atoms with van der Waals surface area (Å²) in [6, 6.07) is 1.91. The number of anilines is 1. The number of nitrogens with zero attached hydrogens (tertiary/aromatic N) is 2. The van der Waals surface area contributed by atoms with Gasteiger partial charge in [0.25, 0.3) is 0 Å². The molecule has 2 N–H and O–H groups in total. The highest BCUT2D eigenvalue weighted by Gasteiger charge is 2.55. The van der Waals surface area contributed by atoms with Crippen LogP contribution in [0.1, 0.15) is 19.5 Å². The molecule has 0 radical (unpaired) electrons. The predicted octanol–water partition coefficient (Wildman–Crippen LogP) is 0.195. The van der Waals surface area contributed by atoms with E-state index in [0.717, 1.165) is 0 Å². The third-order valence-electron chi connectivity index (χ3n) is 3.28. The molecule has 8 nitrogen and oxygen atoms in total. The molecule has 1 aromatic rings. The topological polar surface area (TPSA) is 110 Å². The molecule has 3 rings (SSSR count). The van der Waals surface area contributed by atoms with Crippen LogP contribution in [0.5, 0.6) is 0 Å². The van der Waals surface area contributed by atoms with E-state index < -0.39 is 24.2 Å². The lowest BCUT2D eigenvalue weighted by Crippen LogP contribution is -2.35. The van der Waals surface area contributed by atoms with Crippen LogP contribution in [-0.4, -0.2) is 47.0 Å². The Labute approximate surface area is 115 Å². The first-order valence-electron chi connectivity index (χ1n) is 6.26. The van der Waals surface area contributed by atoms with Gasteiger partial charge in [0, 0.05) is 0 Å². The summed E-state index contributed by atoms with van der Waals surface area (Å²) in [5.41, 5.74) is 0.135. The van der Waals surface area contributed by atoms with Crippen LogP contribution in [0.4, 0.5) is 5.88 Å². The maximum Gasteiger partial charge on any atom is 0.233 e.